The maximum atomic E-state index is 11.8. The summed E-state index contributed by atoms with van der Waals surface area (Å²) < 4.78 is 6.32. The minimum absolute atomic E-state index is 0.269. The number of aromatic nitrogens is 2. The van der Waals surface area contributed by atoms with Crippen molar-refractivity contribution in [3.8, 4) is 0 Å². The summed E-state index contributed by atoms with van der Waals surface area (Å²) in [6, 6.07) is 0.626. The second-order valence-electron chi connectivity index (χ2n) is 3.64. The summed E-state index contributed by atoms with van der Waals surface area (Å²) in [4.78, 5) is 23.1. The van der Waals surface area contributed by atoms with Gasteiger partial charge in [0, 0.05) is 12.4 Å². The highest BCUT2D eigenvalue weighted by Crippen LogP contribution is 2.03. The van der Waals surface area contributed by atoms with E-state index in [1.165, 1.54) is 4.68 Å². The van der Waals surface area contributed by atoms with Crippen molar-refractivity contribution in [2.24, 2.45) is 0 Å². The van der Waals surface area contributed by atoms with Crippen LogP contribution in [0.1, 0.15) is 26.8 Å². The zero-order valence-electron chi connectivity index (χ0n) is 10.2. The third-order valence-electron chi connectivity index (χ3n) is 2.30. The maximum absolute atomic E-state index is 11.8. The number of hydrogen-bond acceptors (Lipinski definition) is 4. The van der Waals surface area contributed by atoms with Crippen LogP contribution in [0.25, 0.3) is 0 Å². The van der Waals surface area contributed by atoms with E-state index in [9.17, 15) is 9.59 Å². The summed E-state index contributed by atoms with van der Waals surface area (Å²) >= 11 is 0. The summed E-state index contributed by atoms with van der Waals surface area (Å²) in [6.07, 6.45) is 3.29. The van der Waals surface area contributed by atoms with Crippen LogP contribution in [0.4, 0.5) is 0 Å². The molecule has 1 heterocycles. The van der Waals surface area contributed by atoms with Crippen molar-refractivity contribution in [1.29, 1.82) is 0 Å². The number of amides is 1. The Hall–Kier alpha value is -1.85. The molecule has 2 unspecified atom stereocenters. The van der Waals surface area contributed by atoms with Gasteiger partial charge in [-0.05, 0) is 26.8 Å². The van der Waals surface area contributed by atoms with Gasteiger partial charge in [-0.25, -0.2) is 4.79 Å². The third-order valence-corrected chi connectivity index (χ3v) is 2.30. The molecule has 0 radical (unpaired) electrons. The van der Waals surface area contributed by atoms with Gasteiger partial charge in [0.2, 0.25) is 5.91 Å². The molecule has 1 amide bonds. The first-order valence-corrected chi connectivity index (χ1v) is 5.52. The first kappa shape index (κ1) is 13.2. The molecule has 6 heteroatoms. The van der Waals surface area contributed by atoms with Crippen molar-refractivity contribution in [3.05, 3.63) is 18.5 Å². The highest BCUT2D eigenvalue weighted by Gasteiger charge is 2.21. The molecular formula is C11H17N3O3. The molecule has 1 N–H and O–H groups in total. The van der Waals surface area contributed by atoms with E-state index in [1.54, 1.807) is 39.2 Å². The lowest BCUT2D eigenvalue weighted by Gasteiger charge is -2.16. The van der Waals surface area contributed by atoms with Crippen molar-refractivity contribution < 1.29 is 14.3 Å². The molecule has 94 valence electrons. The van der Waals surface area contributed by atoms with E-state index in [0.29, 0.717) is 6.61 Å². The van der Waals surface area contributed by atoms with Crippen molar-refractivity contribution in [3.63, 3.8) is 0 Å². The Morgan fingerprint density at radius 2 is 2.18 bits per heavy atom. The van der Waals surface area contributed by atoms with Crippen LogP contribution < -0.4 is 5.32 Å². The van der Waals surface area contributed by atoms with E-state index < -0.39 is 18.1 Å². The predicted molar refractivity (Wildman–Crippen MR) is 61.2 cm³/mol. The fourth-order valence-electron chi connectivity index (χ4n) is 1.29. The Morgan fingerprint density at radius 3 is 2.71 bits per heavy atom. The van der Waals surface area contributed by atoms with Gasteiger partial charge in [-0.2, -0.15) is 5.10 Å². The molecule has 1 aromatic rings. The van der Waals surface area contributed by atoms with Gasteiger partial charge in [0.15, 0.2) is 0 Å². The van der Waals surface area contributed by atoms with Crippen LogP contribution in [-0.2, 0) is 14.3 Å². The summed E-state index contributed by atoms with van der Waals surface area (Å²) in [7, 11) is 0. The lowest BCUT2D eigenvalue weighted by molar-refractivity contribution is -0.147. The maximum Gasteiger partial charge on any atom is 0.328 e. The molecule has 0 saturated heterocycles. The fourth-order valence-corrected chi connectivity index (χ4v) is 1.29. The number of nitrogens with zero attached hydrogens (tertiary/aromatic N) is 2. The van der Waals surface area contributed by atoms with E-state index in [4.69, 9.17) is 4.74 Å². The molecule has 0 aromatic carbocycles. The Labute approximate surface area is 99.9 Å². The van der Waals surface area contributed by atoms with Gasteiger partial charge in [0.1, 0.15) is 12.1 Å². The largest absolute Gasteiger partial charge is 0.464 e. The SMILES string of the molecule is CCOC(=O)C(C)NC(=O)C(C)n1cccn1. The molecule has 1 rings (SSSR count). The van der Waals surface area contributed by atoms with Crippen LogP contribution in [0.15, 0.2) is 18.5 Å². The fraction of sp³-hybridized carbons (Fsp3) is 0.545. The zero-order chi connectivity index (χ0) is 12.8. The van der Waals surface area contributed by atoms with Gasteiger partial charge >= 0.3 is 5.97 Å². The van der Waals surface area contributed by atoms with Crippen LogP contribution in [0, 0.1) is 0 Å². The monoisotopic (exact) mass is 239 g/mol. The highest BCUT2D eigenvalue weighted by atomic mass is 16.5. The minimum atomic E-state index is -0.652. The molecule has 6 nitrogen and oxygen atoms in total. The first-order chi connectivity index (χ1) is 8.06. The molecule has 1 aromatic heterocycles. The number of carbonyl (C=O) groups excluding carboxylic acids is 2. The van der Waals surface area contributed by atoms with E-state index >= 15 is 0 Å². The molecule has 0 fully saturated rings. The van der Waals surface area contributed by atoms with Crippen LogP contribution in [0.2, 0.25) is 0 Å². The van der Waals surface area contributed by atoms with Crippen LogP contribution in [0.3, 0.4) is 0 Å². The van der Waals surface area contributed by atoms with Crippen molar-refractivity contribution in [2.75, 3.05) is 6.61 Å². The summed E-state index contributed by atoms with van der Waals surface area (Å²) in [5.74, 6) is -0.706. The Bertz CT molecular complexity index is 375. The summed E-state index contributed by atoms with van der Waals surface area (Å²) in [6.45, 7) is 5.32. The average Bonchev–Trinajstić information content (AvgIpc) is 2.81. The number of hydrogen-bond donors (Lipinski definition) is 1. The third kappa shape index (κ3) is 3.58. The van der Waals surface area contributed by atoms with Gasteiger partial charge in [-0.3, -0.25) is 9.48 Å². The molecule has 0 aliphatic rings. The predicted octanol–water partition coefficient (Wildman–Crippen LogP) is 0.512. The van der Waals surface area contributed by atoms with E-state index in [0.717, 1.165) is 0 Å². The van der Waals surface area contributed by atoms with Gasteiger partial charge in [0.05, 0.1) is 6.61 Å². The van der Waals surface area contributed by atoms with Crippen molar-refractivity contribution >= 4 is 11.9 Å². The second-order valence-corrected chi connectivity index (χ2v) is 3.64. The van der Waals surface area contributed by atoms with E-state index in [1.807, 2.05) is 0 Å². The van der Waals surface area contributed by atoms with E-state index in [-0.39, 0.29) is 5.91 Å². The molecule has 17 heavy (non-hydrogen) atoms. The van der Waals surface area contributed by atoms with Crippen molar-refractivity contribution in [1.82, 2.24) is 15.1 Å². The Balaban J connectivity index is 2.52. The molecule has 0 bridgehead atoms. The van der Waals surface area contributed by atoms with Gasteiger partial charge in [-0.1, -0.05) is 0 Å². The topological polar surface area (TPSA) is 73.2 Å². The van der Waals surface area contributed by atoms with E-state index in [2.05, 4.69) is 10.4 Å². The summed E-state index contributed by atoms with van der Waals surface area (Å²) in [5.41, 5.74) is 0. The smallest absolute Gasteiger partial charge is 0.328 e. The van der Waals surface area contributed by atoms with Crippen LogP contribution in [0.5, 0.6) is 0 Å². The van der Waals surface area contributed by atoms with Crippen molar-refractivity contribution in [2.45, 2.75) is 32.9 Å². The number of carbonyl (C=O) groups is 2. The Kier molecular flexibility index (Phi) is 4.68. The van der Waals surface area contributed by atoms with Gasteiger partial charge in [0.25, 0.3) is 0 Å². The highest BCUT2D eigenvalue weighted by molar-refractivity contribution is 5.86. The van der Waals surface area contributed by atoms with Gasteiger partial charge < -0.3 is 10.1 Å². The standard InChI is InChI=1S/C11H17N3O3/c1-4-17-11(16)8(2)13-10(15)9(3)14-7-5-6-12-14/h5-9H,4H2,1-3H3,(H,13,15). The normalized spacial score (nSPS) is 13.8. The molecule has 0 spiro atoms. The number of rotatable bonds is 5. The Morgan fingerprint density at radius 1 is 1.47 bits per heavy atom. The lowest BCUT2D eigenvalue weighted by atomic mass is 10.2. The molecule has 0 aliphatic heterocycles. The number of nitrogens with one attached hydrogen (secondary N) is 1. The lowest BCUT2D eigenvalue weighted by Crippen LogP contribution is -2.42. The first-order valence-electron chi connectivity index (χ1n) is 5.52. The molecule has 0 saturated carbocycles. The zero-order valence-corrected chi connectivity index (χ0v) is 10.2. The van der Waals surface area contributed by atoms with Crippen LogP contribution >= 0.6 is 0 Å². The minimum Gasteiger partial charge on any atom is -0.464 e. The number of esters is 1. The second kappa shape index (κ2) is 6.03. The summed E-state index contributed by atoms with van der Waals surface area (Å²) in [5, 5.41) is 6.54. The quantitative estimate of drug-likeness (QED) is 0.760. The van der Waals surface area contributed by atoms with Gasteiger partial charge in [-0.15, -0.1) is 0 Å². The van der Waals surface area contributed by atoms with Crippen LogP contribution in [-0.4, -0.2) is 34.3 Å². The molecule has 0 aliphatic carbocycles. The average molecular weight is 239 g/mol. The molecular weight excluding hydrogens is 222 g/mol. The molecule has 2 atom stereocenters. The number of ether oxygens (including phenoxy) is 1.